The lowest BCUT2D eigenvalue weighted by molar-refractivity contribution is 0.419. The van der Waals surface area contributed by atoms with Crippen molar-refractivity contribution in [3.05, 3.63) is 72.4 Å². The molecule has 2 aliphatic carbocycles. The van der Waals surface area contributed by atoms with Gasteiger partial charge >= 0.3 is 0 Å². The first kappa shape index (κ1) is 22.7. The van der Waals surface area contributed by atoms with E-state index in [1.54, 1.807) is 0 Å². The summed E-state index contributed by atoms with van der Waals surface area (Å²) in [7, 11) is 0. The van der Waals surface area contributed by atoms with Crippen molar-refractivity contribution < 1.29 is 0 Å². The minimum atomic E-state index is 0.708. The molecule has 154 valence electrons. The molecule has 0 aromatic rings. The maximum absolute atomic E-state index is 3.88. The molecule has 1 fully saturated rings. The third kappa shape index (κ3) is 12.0. The molecular formula is C27H41N. The summed E-state index contributed by atoms with van der Waals surface area (Å²) in [6.45, 7) is 1.08. The van der Waals surface area contributed by atoms with Gasteiger partial charge in [-0.05, 0) is 31.4 Å². The van der Waals surface area contributed by atoms with E-state index in [9.17, 15) is 0 Å². The van der Waals surface area contributed by atoms with Crippen LogP contribution in [-0.4, -0.2) is 12.6 Å². The van der Waals surface area contributed by atoms with E-state index in [-0.39, 0.29) is 0 Å². The van der Waals surface area contributed by atoms with Crippen LogP contribution in [0.4, 0.5) is 0 Å². The molecular weight excluding hydrogens is 338 g/mol. The van der Waals surface area contributed by atoms with Gasteiger partial charge in [-0.15, -0.1) is 0 Å². The summed E-state index contributed by atoms with van der Waals surface area (Å²) in [5.74, 6) is 0. The number of allylic oxidation sites excluding steroid dienone is 11. The van der Waals surface area contributed by atoms with Crippen LogP contribution in [0.3, 0.4) is 0 Å². The third-order valence-electron chi connectivity index (χ3n) is 5.71. The van der Waals surface area contributed by atoms with E-state index in [0.717, 1.165) is 13.0 Å². The maximum Gasteiger partial charge on any atom is 0.00671 e. The zero-order valence-electron chi connectivity index (χ0n) is 17.8. The minimum absolute atomic E-state index is 0.708. The lowest BCUT2D eigenvalue weighted by Crippen LogP contribution is -2.30. The molecule has 0 atom stereocenters. The molecule has 0 radical (unpaired) electrons. The molecule has 0 unspecified atom stereocenters. The molecule has 0 aromatic heterocycles. The fourth-order valence-electron chi connectivity index (χ4n) is 3.99. The standard InChI is InChI=1S/C27H41N/c1-2-7-11-15-19-23-27(22-18-14-10-6-1)28-25-24-26-20-16-12-8-4-3-5-9-13-17-21-26/h3-5,8-9,12-13,16-17,20-21,27-28H,1-2,6-7,10-11,14-15,18-19,22-25H2/b4-3?,5-3?,8-4?,9-5?,12-8+,13-9?,16-12?,17-13-,20-16-,21-17?,26-20?,26-21+. The summed E-state index contributed by atoms with van der Waals surface area (Å²) in [6, 6.07) is 0.708. The first-order valence-electron chi connectivity index (χ1n) is 11.7. The molecule has 1 nitrogen and oxygen atoms in total. The molecule has 0 amide bonds. The SMILES string of the molecule is C1=C\C=C/C=C(CCNC2CCCCCCCCCCCC2)\C=C/C=C/C=C1. The topological polar surface area (TPSA) is 12.0 Å². The summed E-state index contributed by atoms with van der Waals surface area (Å²) in [5.41, 5.74) is 1.39. The molecule has 0 saturated heterocycles. The van der Waals surface area contributed by atoms with Gasteiger partial charge in [0.25, 0.3) is 0 Å². The lowest BCUT2D eigenvalue weighted by Gasteiger charge is -2.19. The molecule has 0 bridgehead atoms. The van der Waals surface area contributed by atoms with Gasteiger partial charge in [-0.25, -0.2) is 0 Å². The quantitative estimate of drug-likeness (QED) is 0.526. The summed E-state index contributed by atoms with van der Waals surface area (Å²) in [5, 5.41) is 3.88. The molecule has 0 aromatic carbocycles. The zero-order valence-corrected chi connectivity index (χ0v) is 17.8. The fraction of sp³-hybridized carbons (Fsp3) is 0.556. The Morgan fingerprint density at radius 2 is 1.04 bits per heavy atom. The Bertz CT molecular complexity index is 545. The smallest absolute Gasteiger partial charge is 0.00671 e. The molecule has 0 spiro atoms. The van der Waals surface area contributed by atoms with Gasteiger partial charge in [0.05, 0.1) is 0 Å². The van der Waals surface area contributed by atoms with E-state index >= 15 is 0 Å². The molecule has 1 N–H and O–H groups in total. The fourth-order valence-corrected chi connectivity index (χ4v) is 3.99. The predicted molar refractivity (Wildman–Crippen MR) is 126 cm³/mol. The lowest BCUT2D eigenvalue weighted by atomic mass is 10.0. The normalized spacial score (nSPS) is 26.4. The Labute approximate surface area is 174 Å². The second-order valence-corrected chi connectivity index (χ2v) is 8.15. The highest BCUT2D eigenvalue weighted by molar-refractivity contribution is 5.29. The van der Waals surface area contributed by atoms with Gasteiger partial charge in [-0.3, -0.25) is 0 Å². The highest BCUT2D eigenvalue weighted by atomic mass is 14.9. The monoisotopic (exact) mass is 379 g/mol. The summed E-state index contributed by atoms with van der Waals surface area (Å²) in [4.78, 5) is 0. The van der Waals surface area contributed by atoms with E-state index in [4.69, 9.17) is 0 Å². The minimum Gasteiger partial charge on any atom is -0.314 e. The maximum atomic E-state index is 3.88. The first-order chi connectivity index (χ1) is 13.9. The van der Waals surface area contributed by atoms with E-state index in [2.05, 4.69) is 72.2 Å². The van der Waals surface area contributed by atoms with Crippen LogP contribution in [0.5, 0.6) is 0 Å². The van der Waals surface area contributed by atoms with Crippen molar-refractivity contribution in [1.82, 2.24) is 5.32 Å². The second kappa shape index (κ2) is 16.4. The van der Waals surface area contributed by atoms with Gasteiger partial charge in [0.1, 0.15) is 0 Å². The van der Waals surface area contributed by atoms with Crippen LogP contribution in [0.2, 0.25) is 0 Å². The predicted octanol–water partition coefficient (Wildman–Crippen LogP) is 7.75. The van der Waals surface area contributed by atoms with Crippen LogP contribution in [-0.2, 0) is 0 Å². The van der Waals surface area contributed by atoms with Gasteiger partial charge in [-0.1, -0.05) is 131 Å². The van der Waals surface area contributed by atoms with Gasteiger partial charge in [0.2, 0.25) is 0 Å². The van der Waals surface area contributed by atoms with Crippen molar-refractivity contribution in [2.24, 2.45) is 0 Å². The van der Waals surface area contributed by atoms with Crippen LogP contribution in [0.15, 0.2) is 72.4 Å². The summed E-state index contributed by atoms with van der Waals surface area (Å²) in [6.07, 6.45) is 41.4. The largest absolute Gasteiger partial charge is 0.314 e. The molecule has 1 saturated carbocycles. The van der Waals surface area contributed by atoms with Crippen molar-refractivity contribution in [1.29, 1.82) is 0 Å². The molecule has 0 aliphatic heterocycles. The summed E-state index contributed by atoms with van der Waals surface area (Å²) >= 11 is 0. The summed E-state index contributed by atoms with van der Waals surface area (Å²) < 4.78 is 0. The third-order valence-corrected chi connectivity index (χ3v) is 5.71. The van der Waals surface area contributed by atoms with Crippen LogP contribution >= 0.6 is 0 Å². The van der Waals surface area contributed by atoms with Crippen molar-refractivity contribution in [3.8, 4) is 0 Å². The Morgan fingerprint density at radius 1 is 0.571 bits per heavy atom. The molecule has 0 heterocycles. The highest BCUT2D eigenvalue weighted by Gasteiger charge is 2.08. The average molecular weight is 380 g/mol. The Hall–Kier alpha value is -1.60. The van der Waals surface area contributed by atoms with Crippen LogP contribution in [0.25, 0.3) is 0 Å². The molecule has 28 heavy (non-hydrogen) atoms. The zero-order chi connectivity index (χ0) is 19.5. The molecule has 1 heteroatoms. The van der Waals surface area contributed by atoms with Gasteiger partial charge in [0, 0.05) is 6.04 Å². The number of hydrogen-bond acceptors (Lipinski definition) is 1. The highest BCUT2D eigenvalue weighted by Crippen LogP contribution is 2.17. The van der Waals surface area contributed by atoms with Crippen LogP contribution in [0.1, 0.15) is 83.5 Å². The van der Waals surface area contributed by atoms with E-state index in [1.807, 2.05) is 0 Å². The number of rotatable bonds is 4. The van der Waals surface area contributed by atoms with Gasteiger partial charge < -0.3 is 5.32 Å². The van der Waals surface area contributed by atoms with E-state index in [0.29, 0.717) is 6.04 Å². The Balaban J connectivity index is 1.79. The van der Waals surface area contributed by atoms with Crippen LogP contribution in [0, 0.1) is 0 Å². The van der Waals surface area contributed by atoms with Crippen molar-refractivity contribution in [3.63, 3.8) is 0 Å². The van der Waals surface area contributed by atoms with Crippen molar-refractivity contribution >= 4 is 0 Å². The second-order valence-electron chi connectivity index (χ2n) is 8.15. The average Bonchev–Trinajstić information content (AvgIpc) is 2.72. The number of nitrogens with one attached hydrogen (secondary N) is 1. The Morgan fingerprint density at radius 3 is 1.61 bits per heavy atom. The van der Waals surface area contributed by atoms with Crippen molar-refractivity contribution in [2.45, 2.75) is 89.5 Å². The Kier molecular flexibility index (Phi) is 13.3. The van der Waals surface area contributed by atoms with Gasteiger partial charge in [0.15, 0.2) is 0 Å². The first-order valence-corrected chi connectivity index (χ1v) is 11.7. The van der Waals surface area contributed by atoms with E-state index in [1.165, 1.54) is 82.6 Å². The van der Waals surface area contributed by atoms with E-state index < -0.39 is 0 Å². The van der Waals surface area contributed by atoms with Gasteiger partial charge in [-0.2, -0.15) is 0 Å². The number of hydrogen-bond donors (Lipinski definition) is 1. The molecule has 2 aliphatic rings. The van der Waals surface area contributed by atoms with Crippen LogP contribution < -0.4 is 5.32 Å². The van der Waals surface area contributed by atoms with Crippen molar-refractivity contribution in [2.75, 3.05) is 6.54 Å². The molecule has 2 rings (SSSR count).